The maximum Gasteiger partial charge on any atom is 0.252 e. The van der Waals surface area contributed by atoms with Crippen molar-refractivity contribution in [1.29, 1.82) is 0 Å². The molecule has 1 aromatic heterocycles. The van der Waals surface area contributed by atoms with Crippen LogP contribution in [0.1, 0.15) is 26.1 Å². The standard InChI is InChI=1S/C12H19N3O2/c1-3-10-13-11(6-12(17)14-10)15-5-4-8(2)9(15)7-16/h6,8-9,16H,3-5,7H2,1-2H3,(H,13,14,17). The SMILES string of the molecule is CCc1nc(N2CCC(C)C2CO)cc(=O)[nH]1. The van der Waals surface area contributed by atoms with Crippen LogP contribution in [0.3, 0.4) is 0 Å². The lowest BCUT2D eigenvalue weighted by molar-refractivity contribution is 0.244. The zero-order valence-corrected chi connectivity index (χ0v) is 10.3. The van der Waals surface area contributed by atoms with Crippen LogP contribution in [-0.4, -0.2) is 34.3 Å². The molecule has 2 rings (SSSR count). The molecular formula is C12H19N3O2. The summed E-state index contributed by atoms with van der Waals surface area (Å²) in [5.41, 5.74) is -0.122. The number of nitrogens with zero attached hydrogens (tertiary/aromatic N) is 2. The summed E-state index contributed by atoms with van der Waals surface area (Å²) >= 11 is 0. The minimum atomic E-state index is -0.122. The Morgan fingerprint density at radius 3 is 3.06 bits per heavy atom. The molecule has 17 heavy (non-hydrogen) atoms. The molecule has 5 nitrogen and oxygen atoms in total. The number of aliphatic hydroxyl groups is 1. The average Bonchev–Trinajstić information content (AvgIpc) is 2.69. The maximum absolute atomic E-state index is 11.5. The Hall–Kier alpha value is -1.36. The molecular weight excluding hydrogens is 218 g/mol. The van der Waals surface area contributed by atoms with Crippen molar-refractivity contribution in [2.45, 2.75) is 32.7 Å². The molecule has 2 unspecified atom stereocenters. The van der Waals surface area contributed by atoms with Gasteiger partial charge in [-0.1, -0.05) is 13.8 Å². The third-order valence-electron chi connectivity index (χ3n) is 3.48. The summed E-state index contributed by atoms with van der Waals surface area (Å²) in [7, 11) is 0. The predicted molar refractivity (Wildman–Crippen MR) is 66.2 cm³/mol. The van der Waals surface area contributed by atoms with E-state index in [1.807, 2.05) is 11.8 Å². The quantitative estimate of drug-likeness (QED) is 0.805. The molecule has 1 saturated heterocycles. The van der Waals surface area contributed by atoms with Crippen molar-refractivity contribution >= 4 is 5.82 Å². The van der Waals surface area contributed by atoms with Gasteiger partial charge in [-0.25, -0.2) is 4.98 Å². The summed E-state index contributed by atoms with van der Waals surface area (Å²) < 4.78 is 0. The molecule has 0 radical (unpaired) electrons. The summed E-state index contributed by atoms with van der Waals surface area (Å²) in [6.07, 6.45) is 1.73. The van der Waals surface area contributed by atoms with Crippen molar-refractivity contribution in [3.8, 4) is 0 Å². The first kappa shape index (κ1) is 12.1. The topological polar surface area (TPSA) is 69.2 Å². The van der Waals surface area contributed by atoms with Crippen LogP contribution in [0.25, 0.3) is 0 Å². The van der Waals surface area contributed by atoms with Crippen molar-refractivity contribution in [2.75, 3.05) is 18.1 Å². The van der Waals surface area contributed by atoms with Crippen LogP contribution in [0, 0.1) is 5.92 Å². The summed E-state index contributed by atoms with van der Waals surface area (Å²) in [6.45, 7) is 5.04. The van der Waals surface area contributed by atoms with E-state index in [9.17, 15) is 9.90 Å². The zero-order chi connectivity index (χ0) is 12.4. The molecule has 0 aliphatic carbocycles. The van der Waals surface area contributed by atoms with Crippen molar-refractivity contribution < 1.29 is 5.11 Å². The van der Waals surface area contributed by atoms with Crippen LogP contribution in [-0.2, 0) is 6.42 Å². The van der Waals surface area contributed by atoms with E-state index in [0.29, 0.717) is 24.0 Å². The average molecular weight is 237 g/mol. The maximum atomic E-state index is 11.5. The van der Waals surface area contributed by atoms with Gasteiger partial charge in [0, 0.05) is 19.0 Å². The number of aryl methyl sites for hydroxylation is 1. The molecule has 0 amide bonds. The van der Waals surface area contributed by atoms with Gasteiger partial charge < -0.3 is 15.0 Å². The normalized spacial score (nSPS) is 24.3. The lowest BCUT2D eigenvalue weighted by Gasteiger charge is -2.26. The molecule has 2 N–H and O–H groups in total. The molecule has 0 saturated carbocycles. The smallest absolute Gasteiger partial charge is 0.252 e. The molecule has 2 heterocycles. The van der Waals surface area contributed by atoms with E-state index in [0.717, 1.165) is 13.0 Å². The van der Waals surface area contributed by atoms with E-state index < -0.39 is 0 Å². The lowest BCUT2D eigenvalue weighted by atomic mass is 10.0. The lowest BCUT2D eigenvalue weighted by Crippen LogP contribution is -2.36. The van der Waals surface area contributed by atoms with E-state index in [4.69, 9.17) is 0 Å². The molecule has 0 spiro atoms. The highest BCUT2D eigenvalue weighted by Crippen LogP contribution is 2.27. The monoisotopic (exact) mass is 237 g/mol. The van der Waals surface area contributed by atoms with Crippen molar-refractivity contribution in [2.24, 2.45) is 5.92 Å². The third-order valence-corrected chi connectivity index (χ3v) is 3.48. The molecule has 0 aromatic carbocycles. The second-order valence-electron chi connectivity index (χ2n) is 4.61. The molecule has 94 valence electrons. The summed E-state index contributed by atoms with van der Waals surface area (Å²) in [4.78, 5) is 20.7. The Balaban J connectivity index is 2.33. The van der Waals surface area contributed by atoms with Gasteiger partial charge in [-0.15, -0.1) is 0 Å². The number of aliphatic hydroxyl groups excluding tert-OH is 1. The Morgan fingerprint density at radius 2 is 2.41 bits per heavy atom. The van der Waals surface area contributed by atoms with Gasteiger partial charge in [0.25, 0.3) is 5.56 Å². The first-order valence-corrected chi connectivity index (χ1v) is 6.13. The van der Waals surface area contributed by atoms with Gasteiger partial charge in [0.2, 0.25) is 0 Å². The highest BCUT2D eigenvalue weighted by Gasteiger charge is 2.31. The number of hydrogen-bond donors (Lipinski definition) is 2. The van der Waals surface area contributed by atoms with Crippen LogP contribution in [0.5, 0.6) is 0 Å². The predicted octanol–water partition coefficient (Wildman–Crippen LogP) is 0.539. The Labute approximate surface area is 100 Å². The number of H-pyrrole nitrogens is 1. The zero-order valence-electron chi connectivity index (χ0n) is 10.3. The molecule has 1 aliphatic rings. The number of aromatic amines is 1. The van der Waals surface area contributed by atoms with E-state index in [1.54, 1.807) is 0 Å². The summed E-state index contributed by atoms with van der Waals surface area (Å²) in [5, 5.41) is 9.41. The second kappa shape index (κ2) is 4.87. The summed E-state index contributed by atoms with van der Waals surface area (Å²) in [5.74, 6) is 1.82. The fourth-order valence-corrected chi connectivity index (χ4v) is 2.38. The van der Waals surface area contributed by atoms with Gasteiger partial charge in [0.15, 0.2) is 0 Å². The van der Waals surface area contributed by atoms with Crippen LogP contribution < -0.4 is 10.5 Å². The molecule has 1 aliphatic heterocycles. The van der Waals surface area contributed by atoms with E-state index in [2.05, 4.69) is 16.9 Å². The minimum Gasteiger partial charge on any atom is -0.394 e. The van der Waals surface area contributed by atoms with Gasteiger partial charge in [0.05, 0.1) is 12.6 Å². The minimum absolute atomic E-state index is 0.0778. The van der Waals surface area contributed by atoms with Gasteiger partial charge in [0.1, 0.15) is 11.6 Å². The van der Waals surface area contributed by atoms with Gasteiger partial charge >= 0.3 is 0 Å². The van der Waals surface area contributed by atoms with Crippen molar-refractivity contribution in [3.05, 3.63) is 22.2 Å². The number of nitrogens with one attached hydrogen (secondary N) is 1. The first-order valence-electron chi connectivity index (χ1n) is 6.13. The van der Waals surface area contributed by atoms with Crippen molar-refractivity contribution in [3.63, 3.8) is 0 Å². The molecule has 1 fully saturated rings. The molecule has 1 aromatic rings. The Bertz CT molecular complexity index is 444. The van der Waals surface area contributed by atoms with Gasteiger partial charge in [-0.2, -0.15) is 0 Å². The Kier molecular flexibility index (Phi) is 3.47. The van der Waals surface area contributed by atoms with E-state index >= 15 is 0 Å². The fourth-order valence-electron chi connectivity index (χ4n) is 2.38. The number of rotatable bonds is 3. The number of anilines is 1. The van der Waals surface area contributed by atoms with Gasteiger partial charge in [-0.05, 0) is 12.3 Å². The largest absolute Gasteiger partial charge is 0.394 e. The van der Waals surface area contributed by atoms with Crippen LogP contribution in [0.15, 0.2) is 10.9 Å². The van der Waals surface area contributed by atoms with Crippen LogP contribution >= 0.6 is 0 Å². The highest BCUT2D eigenvalue weighted by atomic mass is 16.3. The second-order valence-corrected chi connectivity index (χ2v) is 4.61. The summed E-state index contributed by atoms with van der Waals surface area (Å²) in [6, 6.07) is 1.59. The molecule has 2 atom stereocenters. The third kappa shape index (κ3) is 2.34. The van der Waals surface area contributed by atoms with Crippen LogP contribution in [0.4, 0.5) is 5.82 Å². The van der Waals surface area contributed by atoms with Crippen LogP contribution in [0.2, 0.25) is 0 Å². The number of hydrogen-bond acceptors (Lipinski definition) is 4. The highest BCUT2D eigenvalue weighted by molar-refractivity contribution is 5.40. The Morgan fingerprint density at radius 1 is 1.65 bits per heavy atom. The van der Waals surface area contributed by atoms with E-state index in [1.165, 1.54) is 6.07 Å². The first-order chi connectivity index (χ1) is 8.15. The van der Waals surface area contributed by atoms with Crippen molar-refractivity contribution in [1.82, 2.24) is 9.97 Å². The van der Waals surface area contributed by atoms with Gasteiger partial charge in [-0.3, -0.25) is 4.79 Å². The molecule has 0 bridgehead atoms. The van der Waals surface area contributed by atoms with E-state index in [-0.39, 0.29) is 18.2 Å². The molecule has 5 heteroatoms. The number of aromatic nitrogens is 2. The fraction of sp³-hybridized carbons (Fsp3) is 0.667.